The van der Waals surface area contributed by atoms with E-state index in [2.05, 4.69) is 17.2 Å². The van der Waals surface area contributed by atoms with E-state index in [4.69, 9.17) is 0 Å². The topological polar surface area (TPSA) is 67.2 Å². The molecule has 2 fully saturated rings. The zero-order valence-corrected chi connectivity index (χ0v) is 12.9. The zero-order chi connectivity index (χ0) is 15.3. The Kier molecular flexibility index (Phi) is 3.20. The highest BCUT2D eigenvalue weighted by Gasteiger charge is 2.43. The second-order valence-corrected chi connectivity index (χ2v) is 7.03. The van der Waals surface area contributed by atoms with Crippen molar-refractivity contribution >= 4 is 11.8 Å². The summed E-state index contributed by atoms with van der Waals surface area (Å²) in [5.74, 6) is 1.50. The molecule has 1 aromatic rings. The maximum atomic E-state index is 12.5. The van der Waals surface area contributed by atoms with Gasteiger partial charge in [-0.3, -0.25) is 9.59 Å². The lowest BCUT2D eigenvalue weighted by Gasteiger charge is -2.34. The van der Waals surface area contributed by atoms with Crippen LogP contribution in [0.4, 0.5) is 0 Å². The summed E-state index contributed by atoms with van der Waals surface area (Å²) in [6, 6.07) is -0.344. The Hall–Kier alpha value is -1.85. The van der Waals surface area contributed by atoms with Crippen LogP contribution in [0.15, 0.2) is 12.5 Å². The van der Waals surface area contributed by atoms with Crippen LogP contribution in [0.5, 0.6) is 0 Å². The molecule has 2 heterocycles. The molecule has 3 atom stereocenters. The second-order valence-electron chi connectivity index (χ2n) is 7.03. The lowest BCUT2D eigenvalue weighted by molar-refractivity contribution is -0.136. The molecule has 2 amide bonds. The average Bonchev–Trinajstić information content (AvgIpc) is 3.42. The Morgan fingerprint density at radius 3 is 2.86 bits per heavy atom. The SMILES string of the molecule is C[C@@H]1C[C@@H]1C(=O)N1Cc2cncn2[C@@H](C(=O)NCC2CC2)C1. The normalized spacial score (nSPS) is 29.9. The zero-order valence-electron chi connectivity index (χ0n) is 12.9. The van der Waals surface area contributed by atoms with E-state index in [0.717, 1.165) is 18.7 Å². The maximum absolute atomic E-state index is 12.5. The Bertz CT molecular complexity index is 607. The summed E-state index contributed by atoms with van der Waals surface area (Å²) in [4.78, 5) is 31.0. The van der Waals surface area contributed by atoms with Crippen LogP contribution >= 0.6 is 0 Å². The number of aromatic nitrogens is 2. The molecule has 0 bridgehead atoms. The van der Waals surface area contributed by atoms with Crippen molar-refractivity contribution in [2.75, 3.05) is 13.1 Å². The molecule has 0 radical (unpaired) electrons. The number of hydrogen-bond donors (Lipinski definition) is 1. The van der Waals surface area contributed by atoms with Crippen LogP contribution < -0.4 is 5.32 Å². The standard InChI is InChI=1S/C16H22N4O2/c1-10-4-13(10)16(22)19-7-12-6-17-9-20(12)14(8-19)15(21)18-5-11-2-3-11/h6,9-11,13-14H,2-5,7-8H2,1H3,(H,18,21)/t10-,13+,14-/m1/s1. The van der Waals surface area contributed by atoms with Crippen molar-refractivity contribution in [2.45, 2.75) is 38.8 Å². The number of hydrogen-bond acceptors (Lipinski definition) is 3. The van der Waals surface area contributed by atoms with Crippen molar-refractivity contribution in [1.29, 1.82) is 0 Å². The molecule has 1 N–H and O–H groups in total. The third-order valence-electron chi connectivity index (χ3n) is 5.13. The third kappa shape index (κ3) is 2.51. The van der Waals surface area contributed by atoms with Gasteiger partial charge in [0.2, 0.25) is 11.8 Å². The summed E-state index contributed by atoms with van der Waals surface area (Å²) in [5, 5.41) is 3.03. The maximum Gasteiger partial charge on any atom is 0.244 e. The summed E-state index contributed by atoms with van der Waals surface area (Å²) in [5.41, 5.74) is 0.944. The van der Waals surface area contributed by atoms with E-state index in [9.17, 15) is 9.59 Å². The van der Waals surface area contributed by atoms with Crippen molar-refractivity contribution in [2.24, 2.45) is 17.8 Å². The highest BCUT2D eigenvalue weighted by Crippen LogP contribution is 2.40. The van der Waals surface area contributed by atoms with Gasteiger partial charge in [-0.15, -0.1) is 0 Å². The molecule has 2 saturated carbocycles. The molecule has 1 aromatic heterocycles. The molecule has 0 aromatic carbocycles. The van der Waals surface area contributed by atoms with Crippen molar-refractivity contribution in [1.82, 2.24) is 19.8 Å². The number of carbonyl (C=O) groups excluding carboxylic acids is 2. The number of nitrogens with one attached hydrogen (secondary N) is 1. The van der Waals surface area contributed by atoms with Crippen LogP contribution in [0.3, 0.4) is 0 Å². The van der Waals surface area contributed by atoms with E-state index < -0.39 is 0 Å². The van der Waals surface area contributed by atoms with Crippen LogP contribution in [0.1, 0.15) is 37.9 Å². The fraction of sp³-hybridized carbons (Fsp3) is 0.688. The smallest absolute Gasteiger partial charge is 0.244 e. The third-order valence-corrected chi connectivity index (χ3v) is 5.13. The van der Waals surface area contributed by atoms with Crippen LogP contribution in [0.2, 0.25) is 0 Å². The van der Waals surface area contributed by atoms with Crippen LogP contribution in [0, 0.1) is 17.8 Å². The van der Waals surface area contributed by atoms with Gasteiger partial charge in [-0.1, -0.05) is 6.92 Å². The minimum absolute atomic E-state index is 0.00694. The largest absolute Gasteiger partial charge is 0.354 e. The van der Waals surface area contributed by atoms with Gasteiger partial charge < -0.3 is 14.8 Å². The van der Waals surface area contributed by atoms with Gasteiger partial charge in [-0.25, -0.2) is 4.98 Å². The summed E-state index contributed by atoms with van der Waals surface area (Å²) in [6.45, 7) is 3.89. The van der Waals surface area contributed by atoms with Crippen molar-refractivity contribution in [3.8, 4) is 0 Å². The Labute approximate surface area is 129 Å². The van der Waals surface area contributed by atoms with Gasteiger partial charge in [0.1, 0.15) is 6.04 Å². The predicted molar refractivity (Wildman–Crippen MR) is 79.7 cm³/mol. The van der Waals surface area contributed by atoms with Crippen molar-refractivity contribution in [3.63, 3.8) is 0 Å². The molecule has 6 nitrogen and oxygen atoms in total. The van der Waals surface area contributed by atoms with Gasteiger partial charge in [-0.05, 0) is 31.1 Å². The summed E-state index contributed by atoms with van der Waals surface area (Å²) < 4.78 is 1.92. The molecule has 118 valence electrons. The molecule has 0 saturated heterocycles. The number of imidazole rings is 1. The van der Waals surface area contributed by atoms with E-state index in [-0.39, 0.29) is 23.8 Å². The van der Waals surface area contributed by atoms with Gasteiger partial charge in [0.25, 0.3) is 0 Å². The minimum atomic E-state index is -0.344. The highest BCUT2D eigenvalue weighted by atomic mass is 16.2. The van der Waals surface area contributed by atoms with E-state index in [1.807, 2.05) is 9.47 Å². The summed E-state index contributed by atoms with van der Waals surface area (Å²) >= 11 is 0. The Balaban J connectivity index is 1.49. The van der Waals surface area contributed by atoms with Crippen LogP contribution in [-0.2, 0) is 16.1 Å². The lowest BCUT2D eigenvalue weighted by Crippen LogP contribution is -2.47. The Morgan fingerprint density at radius 2 is 2.18 bits per heavy atom. The molecule has 0 spiro atoms. The number of rotatable bonds is 4. The van der Waals surface area contributed by atoms with Crippen LogP contribution in [0.25, 0.3) is 0 Å². The van der Waals surface area contributed by atoms with E-state index in [1.165, 1.54) is 12.8 Å². The minimum Gasteiger partial charge on any atom is -0.354 e. The molecule has 2 aliphatic carbocycles. The molecule has 1 aliphatic heterocycles. The highest BCUT2D eigenvalue weighted by molar-refractivity contribution is 5.84. The van der Waals surface area contributed by atoms with Gasteiger partial charge >= 0.3 is 0 Å². The Morgan fingerprint density at radius 1 is 1.41 bits per heavy atom. The molecule has 6 heteroatoms. The first-order valence-corrected chi connectivity index (χ1v) is 8.20. The molecular weight excluding hydrogens is 280 g/mol. The van der Waals surface area contributed by atoms with Crippen molar-refractivity contribution in [3.05, 3.63) is 18.2 Å². The lowest BCUT2D eigenvalue weighted by atomic mass is 10.1. The monoisotopic (exact) mass is 302 g/mol. The average molecular weight is 302 g/mol. The van der Waals surface area contributed by atoms with Crippen molar-refractivity contribution < 1.29 is 9.59 Å². The van der Waals surface area contributed by atoms with E-state index >= 15 is 0 Å². The number of carbonyl (C=O) groups is 2. The first-order chi connectivity index (χ1) is 10.6. The molecule has 3 aliphatic rings. The van der Waals surface area contributed by atoms with Gasteiger partial charge in [0, 0.05) is 18.7 Å². The second kappa shape index (κ2) is 5.11. The fourth-order valence-electron chi connectivity index (χ4n) is 3.25. The van der Waals surface area contributed by atoms with E-state index in [1.54, 1.807) is 12.5 Å². The molecule has 4 rings (SSSR count). The summed E-state index contributed by atoms with van der Waals surface area (Å²) in [7, 11) is 0. The quantitative estimate of drug-likeness (QED) is 0.900. The summed E-state index contributed by atoms with van der Waals surface area (Å²) in [6.07, 6.45) is 6.87. The van der Waals surface area contributed by atoms with Gasteiger partial charge in [0.15, 0.2) is 0 Å². The first-order valence-electron chi connectivity index (χ1n) is 8.20. The van der Waals surface area contributed by atoms with Crippen LogP contribution in [-0.4, -0.2) is 39.4 Å². The molecule has 22 heavy (non-hydrogen) atoms. The molecular formula is C16H22N4O2. The predicted octanol–water partition coefficient (Wildman–Crippen LogP) is 0.949. The first kappa shape index (κ1) is 13.8. The molecule has 0 unspecified atom stereocenters. The number of fused-ring (bicyclic) bond motifs is 1. The fourth-order valence-corrected chi connectivity index (χ4v) is 3.25. The van der Waals surface area contributed by atoms with Gasteiger partial charge in [-0.2, -0.15) is 0 Å². The van der Waals surface area contributed by atoms with E-state index in [0.29, 0.717) is 24.9 Å². The number of amides is 2. The van der Waals surface area contributed by atoms with Gasteiger partial charge in [0.05, 0.1) is 25.1 Å². The number of nitrogens with zero attached hydrogens (tertiary/aromatic N) is 3.